The Kier molecular flexibility index (Phi) is 8.83. The van der Waals surface area contributed by atoms with Crippen LogP contribution in [0.1, 0.15) is 0 Å². The number of hydrogen-bond donors (Lipinski definition) is 0. The van der Waals surface area contributed by atoms with Crippen molar-refractivity contribution in [1.29, 1.82) is 0 Å². The Labute approximate surface area is 365 Å². The first kappa shape index (κ1) is 36.8. The highest BCUT2D eigenvalue weighted by molar-refractivity contribution is 8.34. The summed E-state index contributed by atoms with van der Waals surface area (Å²) in [6, 6.07) is 81.8. The molecule has 9 aromatic carbocycles. The maximum Gasteiger partial charge on any atom is 0.164 e. The third-order valence-electron chi connectivity index (χ3n) is 12.0. The largest absolute Gasteiger partial charge is 0.454 e. The topological polar surface area (TPSA) is 56.7 Å². The zero-order valence-corrected chi connectivity index (χ0v) is 34.9. The zero-order valence-electron chi connectivity index (χ0n) is 34.0. The molecule has 0 aliphatic heterocycles. The fourth-order valence-corrected chi connectivity index (χ4v) is 13.0. The quantitative estimate of drug-likeness (QED) is 0.153. The first-order chi connectivity index (χ1) is 31.2. The summed E-state index contributed by atoms with van der Waals surface area (Å²) >= 11 is 0. The Balaban J connectivity index is 1.10. The molecule has 6 heteroatoms. The van der Waals surface area contributed by atoms with Gasteiger partial charge in [0.25, 0.3) is 0 Å². The SMILES string of the molecule is c1ccc(-c2nc(-c3ccccc3)nc(-c3ccc(-n4c5ccc(S(c6ccccc6)(c6ccccc6)c6ccccc6)cc5c5ccc6c7ccccc7oc6c54)cc3)n2)cc1. The second-order valence-electron chi connectivity index (χ2n) is 15.6. The number of benzene rings is 9. The van der Waals surface area contributed by atoms with Gasteiger partial charge in [-0.3, -0.25) is 0 Å². The molecule has 298 valence electrons. The lowest BCUT2D eigenvalue weighted by molar-refractivity contribution is 0.671. The highest BCUT2D eigenvalue weighted by atomic mass is 32.3. The molecule has 0 N–H and O–H groups in total. The molecule has 12 rings (SSSR count). The van der Waals surface area contributed by atoms with Crippen molar-refractivity contribution in [3.05, 3.63) is 231 Å². The van der Waals surface area contributed by atoms with Crippen molar-refractivity contribution in [1.82, 2.24) is 19.5 Å². The van der Waals surface area contributed by atoms with E-state index in [-0.39, 0.29) is 0 Å². The fraction of sp³-hybridized carbons (Fsp3) is 0. The normalized spacial score (nSPS) is 12.1. The summed E-state index contributed by atoms with van der Waals surface area (Å²) in [6.45, 7) is 0. The Morgan fingerprint density at radius 2 is 0.810 bits per heavy atom. The van der Waals surface area contributed by atoms with Gasteiger partial charge in [0.1, 0.15) is 5.58 Å². The fourth-order valence-electron chi connectivity index (χ4n) is 9.11. The molecule has 5 nitrogen and oxygen atoms in total. The molecule has 63 heavy (non-hydrogen) atoms. The second-order valence-corrected chi connectivity index (χ2v) is 18.7. The van der Waals surface area contributed by atoms with Crippen molar-refractivity contribution in [2.24, 2.45) is 0 Å². The van der Waals surface area contributed by atoms with Crippen LogP contribution in [0.5, 0.6) is 0 Å². The molecule has 0 radical (unpaired) electrons. The van der Waals surface area contributed by atoms with Crippen molar-refractivity contribution in [2.45, 2.75) is 19.6 Å². The molecule has 0 saturated heterocycles. The number of para-hydroxylation sites is 1. The Morgan fingerprint density at radius 1 is 0.349 bits per heavy atom. The molecular weight excluding hydrogens is 789 g/mol. The molecule has 0 saturated carbocycles. The van der Waals surface area contributed by atoms with Crippen LogP contribution in [0, 0.1) is 0 Å². The molecule has 3 aromatic heterocycles. The van der Waals surface area contributed by atoms with Gasteiger partial charge in [-0.1, -0.05) is 140 Å². The van der Waals surface area contributed by atoms with E-state index in [1.54, 1.807) is 0 Å². The molecule has 3 heterocycles. The van der Waals surface area contributed by atoms with Gasteiger partial charge >= 0.3 is 0 Å². The summed E-state index contributed by atoms with van der Waals surface area (Å²) in [4.78, 5) is 20.1. The van der Waals surface area contributed by atoms with Gasteiger partial charge in [-0.15, -0.1) is 10.0 Å². The Hall–Kier alpha value is -8.06. The van der Waals surface area contributed by atoms with Crippen LogP contribution in [0.4, 0.5) is 0 Å². The number of aromatic nitrogens is 4. The Morgan fingerprint density at radius 3 is 1.35 bits per heavy atom. The highest BCUT2D eigenvalue weighted by Gasteiger charge is 2.34. The van der Waals surface area contributed by atoms with Gasteiger partial charge < -0.3 is 8.98 Å². The zero-order chi connectivity index (χ0) is 41.7. The van der Waals surface area contributed by atoms with Gasteiger partial charge in [-0.05, 0) is 91.0 Å². The van der Waals surface area contributed by atoms with Crippen molar-refractivity contribution >= 4 is 53.8 Å². The van der Waals surface area contributed by atoms with Crippen LogP contribution in [0.15, 0.2) is 255 Å². The van der Waals surface area contributed by atoms with Crippen LogP contribution in [0.25, 0.3) is 83.6 Å². The third-order valence-corrected chi connectivity index (χ3v) is 15.9. The van der Waals surface area contributed by atoms with Gasteiger partial charge in [-0.25, -0.2) is 15.0 Å². The molecule has 0 bridgehead atoms. The molecule has 0 fully saturated rings. The smallest absolute Gasteiger partial charge is 0.164 e. The van der Waals surface area contributed by atoms with E-state index in [2.05, 4.69) is 168 Å². The molecule has 0 aliphatic rings. The van der Waals surface area contributed by atoms with Crippen LogP contribution < -0.4 is 0 Å². The van der Waals surface area contributed by atoms with Crippen molar-refractivity contribution in [3.8, 4) is 39.9 Å². The van der Waals surface area contributed by atoms with Crippen LogP contribution in [0.3, 0.4) is 0 Å². The van der Waals surface area contributed by atoms with Crippen molar-refractivity contribution in [2.75, 3.05) is 0 Å². The van der Waals surface area contributed by atoms with Crippen molar-refractivity contribution < 1.29 is 4.42 Å². The summed E-state index contributed by atoms with van der Waals surface area (Å²) in [5.41, 5.74) is 7.63. The van der Waals surface area contributed by atoms with Crippen LogP contribution >= 0.6 is 10.0 Å². The van der Waals surface area contributed by atoms with E-state index in [4.69, 9.17) is 19.4 Å². The monoisotopic (exact) mass is 826 g/mol. The molecule has 0 unspecified atom stereocenters. The van der Waals surface area contributed by atoms with E-state index in [0.717, 1.165) is 66.1 Å². The van der Waals surface area contributed by atoms with E-state index in [1.165, 1.54) is 19.6 Å². The second kappa shape index (κ2) is 15.1. The van der Waals surface area contributed by atoms with Crippen LogP contribution in [-0.2, 0) is 0 Å². The molecule has 12 aromatic rings. The number of hydrogen-bond acceptors (Lipinski definition) is 4. The minimum atomic E-state index is -1.93. The number of fused-ring (bicyclic) bond motifs is 7. The lowest BCUT2D eigenvalue weighted by Gasteiger charge is -2.42. The minimum absolute atomic E-state index is 0.614. The molecule has 0 amide bonds. The predicted molar refractivity (Wildman–Crippen MR) is 258 cm³/mol. The van der Waals surface area contributed by atoms with Gasteiger partial charge in [0.2, 0.25) is 0 Å². The van der Waals surface area contributed by atoms with Crippen molar-refractivity contribution in [3.63, 3.8) is 0 Å². The summed E-state index contributed by atoms with van der Waals surface area (Å²) in [6.07, 6.45) is 0. The van der Waals surface area contributed by atoms with E-state index >= 15 is 0 Å². The molecular formula is C57H38N4OS. The number of rotatable bonds is 8. The summed E-state index contributed by atoms with van der Waals surface area (Å²) in [5, 5.41) is 4.47. The predicted octanol–water partition coefficient (Wildman–Crippen LogP) is 15.2. The highest BCUT2D eigenvalue weighted by Crippen LogP contribution is 2.73. The lowest BCUT2D eigenvalue weighted by atomic mass is 10.1. The Bertz CT molecular complexity index is 3440. The maximum absolute atomic E-state index is 6.82. The van der Waals surface area contributed by atoms with Gasteiger partial charge in [0.05, 0.1) is 11.0 Å². The standard InChI is InChI=1S/C57H38N4OS/c1-6-18-39(19-7-1)55-58-56(40-20-8-2-9-21-40)60-57(59-55)41-30-32-42(33-31-41)61-51-37-34-46(38-50(51)48-35-36-49-47-28-16-17-29-52(47)62-54(49)53(48)61)63(43-22-10-3-11-23-43,44-24-12-4-13-25-44)45-26-14-5-15-27-45/h1-38H. The van der Waals surface area contributed by atoms with Crippen LogP contribution in [-0.4, -0.2) is 19.5 Å². The third kappa shape index (κ3) is 6.06. The van der Waals surface area contributed by atoms with E-state index in [9.17, 15) is 0 Å². The summed E-state index contributed by atoms with van der Waals surface area (Å²) in [5.74, 6) is 1.88. The molecule has 0 spiro atoms. The summed E-state index contributed by atoms with van der Waals surface area (Å²) in [7, 11) is -1.93. The first-order valence-corrected chi connectivity index (χ1v) is 22.7. The van der Waals surface area contributed by atoms with E-state index in [1.807, 2.05) is 66.7 Å². The van der Waals surface area contributed by atoms with Gasteiger partial charge in [0.15, 0.2) is 23.1 Å². The van der Waals surface area contributed by atoms with Gasteiger partial charge in [0, 0.05) is 63.5 Å². The van der Waals surface area contributed by atoms with E-state index < -0.39 is 10.0 Å². The number of furan rings is 1. The van der Waals surface area contributed by atoms with Crippen LogP contribution in [0.2, 0.25) is 0 Å². The average Bonchev–Trinajstić information content (AvgIpc) is 3.92. The maximum atomic E-state index is 6.82. The average molecular weight is 827 g/mol. The summed E-state index contributed by atoms with van der Waals surface area (Å²) < 4.78 is 9.19. The minimum Gasteiger partial charge on any atom is -0.454 e. The van der Waals surface area contributed by atoms with E-state index in [0.29, 0.717) is 17.5 Å². The first-order valence-electron chi connectivity index (χ1n) is 21.1. The molecule has 0 aliphatic carbocycles. The molecule has 0 atom stereocenters. The lowest BCUT2D eigenvalue weighted by Crippen LogP contribution is -2.05. The number of nitrogens with zero attached hydrogens (tertiary/aromatic N) is 4. The van der Waals surface area contributed by atoms with Gasteiger partial charge in [-0.2, -0.15) is 0 Å².